The Labute approximate surface area is 302 Å². The van der Waals surface area contributed by atoms with Crippen LogP contribution in [0.3, 0.4) is 0 Å². The predicted octanol–water partition coefficient (Wildman–Crippen LogP) is 7.88. The van der Waals surface area contributed by atoms with Crippen LogP contribution < -0.4 is 10.1 Å². The van der Waals surface area contributed by atoms with E-state index in [0.717, 1.165) is 52.5 Å². The van der Waals surface area contributed by atoms with Crippen molar-refractivity contribution in [1.29, 1.82) is 0 Å². The molecule has 0 saturated carbocycles. The van der Waals surface area contributed by atoms with Crippen LogP contribution in [0.4, 0.5) is 0 Å². The molecule has 0 bridgehead atoms. The summed E-state index contributed by atoms with van der Waals surface area (Å²) in [6, 6.07) is 19.2. The average Bonchev–Trinajstić information content (AvgIpc) is 3.60. The van der Waals surface area contributed by atoms with Crippen LogP contribution in [-0.4, -0.2) is 78.0 Å². The number of hydrogen-bond donors (Lipinski definition) is 1. The Kier molecular flexibility index (Phi) is 12.8. The highest BCUT2D eigenvalue weighted by atomic mass is 32.1. The van der Waals surface area contributed by atoms with Crippen molar-refractivity contribution in [1.82, 2.24) is 25.1 Å². The van der Waals surface area contributed by atoms with Crippen LogP contribution in [0.15, 0.2) is 73.1 Å². The summed E-state index contributed by atoms with van der Waals surface area (Å²) >= 11 is 1.49. The van der Waals surface area contributed by atoms with E-state index in [1.54, 1.807) is 0 Å². The summed E-state index contributed by atoms with van der Waals surface area (Å²) in [6.45, 7) is 11.7. The van der Waals surface area contributed by atoms with E-state index in [-0.39, 0.29) is 17.2 Å². The molecule has 3 heterocycles. The molecule has 0 aliphatic carbocycles. The fourth-order valence-electron chi connectivity index (χ4n) is 6.19. The van der Waals surface area contributed by atoms with Crippen molar-refractivity contribution in [3.05, 3.63) is 88.4 Å². The third kappa shape index (κ3) is 10.2. The van der Waals surface area contributed by atoms with Gasteiger partial charge in [0.1, 0.15) is 11.8 Å². The zero-order valence-corrected chi connectivity index (χ0v) is 31.4. The first kappa shape index (κ1) is 37.2. The minimum Gasteiger partial charge on any atom is -0.494 e. The Bertz CT molecular complexity index is 1670. The molecule has 1 atom stereocenters. The molecule has 5 rings (SSSR count). The fraction of sp³-hybridized carbons (Fsp3) is 0.463. The number of thiophene rings is 1. The van der Waals surface area contributed by atoms with Crippen molar-refractivity contribution < 1.29 is 14.3 Å². The summed E-state index contributed by atoms with van der Waals surface area (Å²) in [4.78, 5) is 42.2. The minimum atomic E-state index is -0.660. The number of ether oxygens (including phenoxy) is 1. The average molecular weight is 696 g/mol. The van der Waals surface area contributed by atoms with Gasteiger partial charge >= 0.3 is 0 Å². The normalized spacial score (nSPS) is 14.0. The molecule has 9 heteroatoms. The van der Waals surface area contributed by atoms with Crippen LogP contribution in [0.5, 0.6) is 5.75 Å². The molecule has 1 unspecified atom stereocenters. The maximum atomic E-state index is 13.7. The van der Waals surface area contributed by atoms with Gasteiger partial charge in [0.25, 0.3) is 5.91 Å². The van der Waals surface area contributed by atoms with E-state index in [4.69, 9.17) is 4.74 Å². The molecule has 1 saturated heterocycles. The number of nitrogens with zero attached hydrogens (tertiary/aromatic N) is 4. The van der Waals surface area contributed by atoms with E-state index >= 15 is 0 Å². The van der Waals surface area contributed by atoms with E-state index in [0.29, 0.717) is 36.1 Å². The van der Waals surface area contributed by atoms with Gasteiger partial charge in [0.2, 0.25) is 5.91 Å². The standard InChI is InChI=1S/C41H53N5O3S/c1-7-8-9-10-11-22-49-34-18-16-31(17-19-34)33-24-42-38(43-25-33)32-14-12-29(13-15-32)23-35(40(48)46-27-30(28-46)26-45(5)6)44-39(47)36-20-21-37(50-36)41(2,3)4/h12-21,24-25,30,35H,7-11,22-23,26-28H2,1-6H3,(H,44,47). The molecule has 1 N–H and O–H groups in total. The molecule has 0 spiro atoms. The molecule has 50 heavy (non-hydrogen) atoms. The Balaban J connectivity index is 1.21. The quantitative estimate of drug-likeness (QED) is 0.120. The topological polar surface area (TPSA) is 87.7 Å². The van der Waals surface area contributed by atoms with Crippen LogP contribution in [-0.2, 0) is 16.6 Å². The van der Waals surface area contributed by atoms with Gasteiger partial charge < -0.3 is 19.9 Å². The highest BCUT2D eigenvalue weighted by molar-refractivity contribution is 7.14. The zero-order chi connectivity index (χ0) is 35.7. The van der Waals surface area contributed by atoms with E-state index in [1.807, 2.05) is 78.0 Å². The molecular formula is C41H53N5O3S. The van der Waals surface area contributed by atoms with Crippen molar-refractivity contribution >= 4 is 23.2 Å². The molecule has 1 fully saturated rings. The summed E-state index contributed by atoms with van der Waals surface area (Å²) in [5, 5.41) is 3.08. The largest absolute Gasteiger partial charge is 0.494 e. The number of likely N-dealkylation sites (tertiary alicyclic amines) is 1. The lowest BCUT2D eigenvalue weighted by Gasteiger charge is -2.42. The number of carbonyl (C=O) groups excluding carboxylic acids is 2. The Morgan fingerprint density at radius 3 is 2.18 bits per heavy atom. The van der Waals surface area contributed by atoms with Gasteiger partial charge in [0, 0.05) is 60.4 Å². The summed E-state index contributed by atoms with van der Waals surface area (Å²) in [6.07, 6.45) is 10.2. The fourth-order valence-corrected chi connectivity index (χ4v) is 7.15. The third-order valence-corrected chi connectivity index (χ3v) is 10.6. The lowest BCUT2D eigenvalue weighted by atomic mass is 9.95. The maximum absolute atomic E-state index is 13.7. The number of hydrogen-bond acceptors (Lipinski definition) is 7. The summed E-state index contributed by atoms with van der Waals surface area (Å²) in [7, 11) is 4.10. The predicted molar refractivity (Wildman–Crippen MR) is 204 cm³/mol. The number of rotatable bonds is 16. The van der Waals surface area contributed by atoms with Crippen LogP contribution in [0.2, 0.25) is 0 Å². The second-order valence-corrected chi connectivity index (χ2v) is 15.9. The van der Waals surface area contributed by atoms with Crippen molar-refractivity contribution in [3.8, 4) is 28.3 Å². The summed E-state index contributed by atoms with van der Waals surface area (Å²) in [5.74, 6) is 1.71. The van der Waals surface area contributed by atoms with E-state index in [1.165, 1.54) is 37.0 Å². The van der Waals surface area contributed by atoms with Crippen LogP contribution >= 0.6 is 11.3 Å². The molecule has 2 aromatic carbocycles. The lowest BCUT2D eigenvalue weighted by Crippen LogP contribution is -2.59. The van der Waals surface area contributed by atoms with Crippen molar-refractivity contribution in [2.24, 2.45) is 5.92 Å². The number of nitrogens with one attached hydrogen (secondary N) is 1. The minimum absolute atomic E-state index is 0.0361. The van der Waals surface area contributed by atoms with Crippen LogP contribution in [0, 0.1) is 5.92 Å². The van der Waals surface area contributed by atoms with Crippen molar-refractivity contribution in [2.45, 2.75) is 77.7 Å². The van der Waals surface area contributed by atoms with Gasteiger partial charge in [0.05, 0.1) is 11.5 Å². The first-order valence-corrected chi connectivity index (χ1v) is 18.8. The number of benzene rings is 2. The summed E-state index contributed by atoms with van der Waals surface area (Å²) < 4.78 is 5.91. The molecule has 8 nitrogen and oxygen atoms in total. The van der Waals surface area contributed by atoms with Gasteiger partial charge in [-0.25, -0.2) is 9.97 Å². The van der Waals surface area contributed by atoms with E-state index in [2.05, 4.69) is 62.0 Å². The second-order valence-electron chi connectivity index (χ2n) is 14.8. The highest BCUT2D eigenvalue weighted by Crippen LogP contribution is 2.30. The van der Waals surface area contributed by atoms with E-state index in [9.17, 15) is 9.59 Å². The van der Waals surface area contributed by atoms with Gasteiger partial charge in [-0.15, -0.1) is 11.3 Å². The molecule has 4 aromatic rings. The third-order valence-electron chi connectivity index (χ3n) is 9.07. The molecule has 266 valence electrons. The highest BCUT2D eigenvalue weighted by Gasteiger charge is 2.35. The first-order chi connectivity index (χ1) is 24.0. The van der Waals surface area contributed by atoms with E-state index < -0.39 is 6.04 Å². The van der Waals surface area contributed by atoms with Gasteiger partial charge in [-0.2, -0.15) is 0 Å². The Morgan fingerprint density at radius 2 is 1.56 bits per heavy atom. The van der Waals surface area contributed by atoms with Crippen LogP contribution in [0.25, 0.3) is 22.5 Å². The smallest absolute Gasteiger partial charge is 0.262 e. The molecule has 1 aliphatic rings. The molecule has 1 aliphatic heterocycles. The van der Waals surface area contributed by atoms with Crippen LogP contribution in [0.1, 0.15) is 79.9 Å². The second kappa shape index (κ2) is 17.2. The number of carbonyl (C=O) groups is 2. The Hall–Kier alpha value is -4.08. The number of aromatic nitrogens is 2. The maximum Gasteiger partial charge on any atom is 0.262 e. The van der Waals surface area contributed by atoms with Gasteiger partial charge in [0.15, 0.2) is 5.82 Å². The molecule has 2 amide bonds. The SMILES string of the molecule is CCCCCCCOc1ccc(-c2cnc(-c3ccc(CC(NC(=O)c4ccc(C(C)(C)C)s4)C(=O)N4CC(CN(C)C)C4)cc3)nc2)cc1. The Morgan fingerprint density at radius 1 is 0.900 bits per heavy atom. The molecular weight excluding hydrogens is 643 g/mol. The molecule has 2 aromatic heterocycles. The zero-order valence-electron chi connectivity index (χ0n) is 30.6. The number of unbranched alkanes of at least 4 members (excludes halogenated alkanes) is 4. The monoisotopic (exact) mass is 695 g/mol. The first-order valence-electron chi connectivity index (χ1n) is 18.0. The lowest BCUT2D eigenvalue weighted by molar-refractivity contribution is -0.139. The number of amides is 2. The van der Waals surface area contributed by atoms with Gasteiger partial charge in [-0.1, -0.05) is 89.8 Å². The van der Waals surface area contributed by atoms with Crippen molar-refractivity contribution in [3.63, 3.8) is 0 Å². The summed E-state index contributed by atoms with van der Waals surface area (Å²) in [5.41, 5.74) is 3.77. The van der Waals surface area contributed by atoms with Gasteiger partial charge in [-0.05, 0) is 61.3 Å². The molecule has 0 radical (unpaired) electrons. The van der Waals surface area contributed by atoms with Crippen molar-refractivity contribution in [2.75, 3.05) is 40.3 Å². The van der Waals surface area contributed by atoms with Gasteiger partial charge in [-0.3, -0.25) is 9.59 Å².